The normalized spacial score (nSPS) is 17.5. The van der Waals surface area contributed by atoms with Crippen LogP contribution in [0.4, 0.5) is 0 Å². The molecule has 144 valence electrons. The third-order valence-electron chi connectivity index (χ3n) is 5.00. The van der Waals surface area contributed by atoms with Crippen LogP contribution >= 0.6 is 0 Å². The van der Waals surface area contributed by atoms with Crippen LogP contribution in [0.5, 0.6) is 0 Å². The number of aryl methyl sites for hydroxylation is 2. The average Bonchev–Trinajstić information content (AvgIpc) is 3.01. The van der Waals surface area contributed by atoms with Gasteiger partial charge in [-0.05, 0) is 48.9 Å². The Hall–Kier alpha value is -2.18. The van der Waals surface area contributed by atoms with Crippen LogP contribution in [-0.2, 0) is 21.2 Å². The highest BCUT2D eigenvalue weighted by molar-refractivity contribution is 7.89. The molecule has 2 aromatic carbocycles. The molecule has 1 amide bonds. The maximum absolute atomic E-state index is 12.6. The summed E-state index contributed by atoms with van der Waals surface area (Å²) in [5.74, 6) is 0.107. The minimum Gasteiger partial charge on any atom is -0.342 e. The zero-order valence-corrected chi connectivity index (χ0v) is 16.6. The molecule has 27 heavy (non-hydrogen) atoms. The van der Waals surface area contributed by atoms with E-state index in [1.807, 2.05) is 42.2 Å². The molecule has 6 heteroatoms. The Morgan fingerprint density at radius 2 is 1.85 bits per heavy atom. The lowest BCUT2D eigenvalue weighted by Crippen LogP contribution is -2.32. The van der Waals surface area contributed by atoms with Crippen molar-refractivity contribution in [1.29, 1.82) is 0 Å². The summed E-state index contributed by atoms with van der Waals surface area (Å²) in [5, 5.41) is 0. The number of likely N-dealkylation sites (tertiary alicyclic amines) is 1. The molecule has 1 atom stereocenters. The molecule has 1 aliphatic rings. The minimum absolute atomic E-state index is 0.00756. The highest BCUT2D eigenvalue weighted by Gasteiger charge is 2.30. The molecule has 0 saturated carbocycles. The molecule has 1 heterocycles. The fourth-order valence-electron chi connectivity index (χ4n) is 3.42. The lowest BCUT2D eigenvalue weighted by atomic mass is 10.1. The predicted molar refractivity (Wildman–Crippen MR) is 106 cm³/mol. The Morgan fingerprint density at radius 1 is 1.11 bits per heavy atom. The van der Waals surface area contributed by atoms with Gasteiger partial charge in [0, 0.05) is 26.1 Å². The van der Waals surface area contributed by atoms with Crippen LogP contribution in [0.2, 0.25) is 0 Å². The molecule has 5 nitrogen and oxygen atoms in total. The molecule has 0 radical (unpaired) electrons. The first-order valence-electron chi connectivity index (χ1n) is 9.24. The van der Waals surface area contributed by atoms with Crippen molar-refractivity contribution in [3.63, 3.8) is 0 Å². The number of carbonyl (C=O) groups is 1. The van der Waals surface area contributed by atoms with Gasteiger partial charge in [0.2, 0.25) is 15.9 Å². The zero-order valence-electron chi connectivity index (χ0n) is 15.8. The Labute approximate surface area is 161 Å². The first-order valence-corrected chi connectivity index (χ1v) is 10.7. The molecule has 1 N–H and O–H groups in total. The van der Waals surface area contributed by atoms with E-state index in [0.29, 0.717) is 24.4 Å². The largest absolute Gasteiger partial charge is 0.342 e. The van der Waals surface area contributed by atoms with Crippen molar-refractivity contribution in [2.45, 2.75) is 31.6 Å². The van der Waals surface area contributed by atoms with Crippen LogP contribution < -0.4 is 4.72 Å². The van der Waals surface area contributed by atoms with E-state index < -0.39 is 10.0 Å². The lowest BCUT2D eigenvalue weighted by molar-refractivity contribution is -0.127. The van der Waals surface area contributed by atoms with E-state index in [2.05, 4.69) is 16.9 Å². The molecular formula is C21H26N2O3S. The fourth-order valence-corrected chi connectivity index (χ4v) is 4.86. The third-order valence-corrected chi connectivity index (χ3v) is 6.57. The van der Waals surface area contributed by atoms with E-state index in [1.54, 1.807) is 13.0 Å². The Balaban J connectivity index is 1.56. The monoisotopic (exact) mass is 386 g/mol. The topological polar surface area (TPSA) is 66.5 Å². The molecule has 0 aliphatic carbocycles. The van der Waals surface area contributed by atoms with Gasteiger partial charge >= 0.3 is 0 Å². The van der Waals surface area contributed by atoms with Crippen LogP contribution in [0.1, 0.15) is 23.1 Å². The van der Waals surface area contributed by atoms with Gasteiger partial charge < -0.3 is 4.90 Å². The second-order valence-corrected chi connectivity index (χ2v) is 9.00. The standard InChI is InChI=1S/C21H26N2O3S/c1-16-8-9-17(2)20(12-16)27(25,26)22-14-19-13-21(24)23(15-19)11-10-18-6-4-3-5-7-18/h3-9,12,19,22H,10-11,13-15H2,1-2H3. The quantitative estimate of drug-likeness (QED) is 0.796. The first kappa shape index (κ1) is 19.6. The van der Waals surface area contributed by atoms with Gasteiger partial charge in [0.05, 0.1) is 4.90 Å². The van der Waals surface area contributed by atoms with Crippen molar-refractivity contribution in [3.05, 3.63) is 65.2 Å². The number of rotatable bonds is 7. The number of hydrogen-bond acceptors (Lipinski definition) is 3. The van der Waals surface area contributed by atoms with Crippen LogP contribution in [0, 0.1) is 19.8 Å². The van der Waals surface area contributed by atoms with Gasteiger partial charge in [-0.3, -0.25) is 4.79 Å². The summed E-state index contributed by atoms with van der Waals surface area (Å²) in [4.78, 5) is 14.4. The molecule has 3 rings (SSSR count). The second kappa shape index (κ2) is 8.23. The van der Waals surface area contributed by atoms with E-state index in [-0.39, 0.29) is 18.4 Å². The number of hydrogen-bond donors (Lipinski definition) is 1. The molecule has 1 saturated heterocycles. The van der Waals surface area contributed by atoms with Crippen LogP contribution in [-0.4, -0.2) is 38.9 Å². The summed E-state index contributed by atoms with van der Waals surface area (Å²) in [6.45, 7) is 5.21. The van der Waals surface area contributed by atoms with Crippen LogP contribution in [0.25, 0.3) is 0 Å². The molecule has 0 aromatic heterocycles. The van der Waals surface area contributed by atoms with Crippen molar-refractivity contribution < 1.29 is 13.2 Å². The summed E-state index contributed by atoms with van der Waals surface area (Å²) < 4.78 is 27.9. The number of carbonyl (C=O) groups excluding carboxylic acids is 1. The van der Waals surface area contributed by atoms with Gasteiger partial charge in [-0.15, -0.1) is 0 Å². The van der Waals surface area contributed by atoms with Gasteiger partial charge in [0.1, 0.15) is 0 Å². The molecule has 2 aromatic rings. The lowest BCUT2D eigenvalue weighted by Gasteiger charge is -2.17. The molecule has 0 spiro atoms. The predicted octanol–water partition coefficient (Wildman–Crippen LogP) is 2.67. The highest BCUT2D eigenvalue weighted by Crippen LogP contribution is 2.20. The van der Waals surface area contributed by atoms with Crippen molar-refractivity contribution in [3.8, 4) is 0 Å². The minimum atomic E-state index is -3.57. The summed E-state index contributed by atoms with van der Waals surface area (Å²) in [7, 11) is -3.57. The highest BCUT2D eigenvalue weighted by atomic mass is 32.2. The Kier molecular flexibility index (Phi) is 5.97. The molecule has 0 bridgehead atoms. The summed E-state index contributed by atoms with van der Waals surface area (Å²) in [6.07, 6.45) is 1.21. The van der Waals surface area contributed by atoms with Gasteiger partial charge in [-0.2, -0.15) is 0 Å². The molecule has 1 aliphatic heterocycles. The van der Waals surface area contributed by atoms with Crippen molar-refractivity contribution >= 4 is 15.9 Å². The molecule has 1 fully saturated rings. The number of sulfonamides is 1. The summed E-state index contributed by atoms with van der Waals surface area (Å²) >= 11 is 0. The maximum Gasteiger partial charge on any atom is 0.240 e. The van der Waals surface area contributed by atoms with Crippen LogP contribution in [0.15, 0.2) is 53.4 Å². The smallest absolute Gasteiger partial charge is 0.240 e. The SMILES string of the molecule is Cc1ccc(C)c(S(=O)(=O)NCC2CC(=O)N(CCc3ccccc3)C2)c1. The maximum atomic E-state index is 12.6. The number of amides is 1. The zero-order chi connectivity index (χ0) is 19.4. The third kappa shape index (κ3) is 4.96. The fraction of sp³-hybridized carbons (Fsp3) is 0.381. The van der Waals surface area contributed by atoms with Crippen molar-refractivity contribution in [2.75, 3.05) is 19.6 Å². The summed E-state index contributed by atoms with van der Waals surface area (Å²) in [6, 6.07) is 15.5. The van der Waals surface area contributed by atoms with E-state index in [1.165, 1.54) is 5.56 Å². The van der Waals surface area contributed by atoms with E-state index in [9.17, 15) is 13.2 Å². The summed E-state index contributed by atoms with van der Waals surface area (Å²) in [5.41, 5.74) is 2.83. The van der Waals surface area contributed by atoms with Gasteiger partial charge in [-0.1, -0.05) is 42.5 Å². The van der Waals surface area contributed by atoms with Crippen LogP contribution in [0.3, 0.4) is 0 Å². The number of nitrogens with zero attached hydrogens (tertiary/aromatic N) is 1. The number of nitrogens with one attached hydrogen (secondary N) is 1. The van der Waals surface area contributed by atoms with E-state index >= 15 is 0 Å². The van der Waals surface area contributed by atoms with Crippen molar-refractivity contribution in [1.82, 2.24) is 9.62 Å². The number of benzene rings is 2. The van der Waals surface area contributed by atoms with Gasteiger partial charge in [0.15, 0.2) is 0 Å². The second-order valence-electron chi connectivity index (χ2n) is 7.27. The van der Waals surface area contributed by atoms with Gasteiger partial charge in [0.25, 0.3) is 0 Å². The molecular weight excluding hydrogens is 360 g/mol. The average molecular weight is 387 g/mol. The van der Waals surface area contributed by atoms with Crippen molar-refractivity contribution in [2.24, 2.45) is 5.92 Å². The Bertz CT molecular complexity index is 910. The van der Waals surface area contributed by atoms with E-state index in [0.717, 1.165) is 17.5 Å². The first-order chi connectivity index (χ1) is 12.8. The molecule has 1 unspecified atom stereocenters. The van der Waals surface area contributed by atoms with Gasteiger partial charge in [-0.25, -0.2) is 13.1 Å². The Morgan fingerprint density at radius 3 is 2.59 bits per heavy atom. The van der Waals surface area contributed by atoms with E-state index in [4.69, 9.17) is 0 Å².